The average molecular weight is 299 g/mol. The lowest BCUT2D eigenvalue weighted by Crippen LogP contribution is -2.48. The molecule has 92 valence electrons. The van der Waals surface area contributed by atoms with E-state index in [4.69, 9.17) is 4.74 Å². The summed E-state index contributed by atoms with van der Waals surface area (Å²) >= 11 is 3.32. The molecule has 1 aliphatic carbocycles. The van der Waals surface area contributed by atoms with E-state index in [0.717, 1.165) is 23.9 Å². The van der Waals surface area contributed by atoms with Gasteiger partial charge in [0.2, 0.25) is 0 Å². The lowest BCUT2D eigenvalue weighted by atomic mass is 9.89. The van der Waals surface area contributed by atoms with Gasteiger partial charge in [0.15, 0.2) is 0 Å². The Morgan fingerprint density at radius 2 is 2.41 bits per heavy atom. The molecule has 0 saturated heterocycles. The molecule has 1 heterocycles. The average Bonchev–Trinajstić information content (AvgIpc) is 2.26. The van der Waals surface area contributed by atoms with Gasteiger partial charge in [-0.05, 0) is 47.8 Å². The highest BCUT2D eigenvalue weighted by Gasteiger charge is 2.31. The molecule has 1 aromatic heterocycles. The fraction of sp³-hybridized carbons (Fsp3) is 0.500. The van der Waals surface area contributed by atoms with Crippen molar-refractivity contribution in [3.63, 3.8) is 0 Å². The predicted molar refractivity (Wildman–Crippen MR) is 67.8 cm³/mol. The van der Waals surface area contributed by atoms with Gasteiger partial charge < -0.3 is 10.1 Å². The maximum absolute atomic E-state index is 11.9. The highest BCUT2D eigenvalue weighted by atomic mass is 79.9. The second kappa shape index (κ2) is 5.60. The molecule has 1 N–H and O–H groups in total. The van der Waals surface area contributed by atoms with Gasteiger partial charge in [-0.15, -0.1) is 0 Å². The molecule has 1 aromatic rings. The number of pyridine rings is 1. The topological polar surface area (TPSA) is 51.2 Å². The van der Waals surface area contributed by atoms with Crippen LogP contribution in [-0.4, -0.2) is 29.6 Å². The summed E-state index contributed by atoms with van der Waals surface area (Å²) in [5, 5.41) is 2.95. The minimum Gasteiger partial charge on any atom is -0.378 e. The van der Waals surface area contributed by atoms with Gasteiger partial charge in [-0.2, -0.15) is 0 Å². The van der Waals surface area contributed by atoms with Crippen LogP contribution in [0.15, 0.2) is 22.8 Å². The van der Waals surface area contributed by atoms with Gasteiger partial charge in [0.25, 0.3) is 5.91 Å². The van der Waals surface area contributed by atoms with Gasteiger partial charge >= 0.3 is 0 Å². The maximum atomic E-state index is 11.9. The SMILES string of the molecule is CCOC1CC(NC(=O)c2ncccc2Br)C1. The second-order valence-corrected chi connectivity index (χ2v) is 4.91. The summed E-state index contributed by atoms with van der Waals surface area (Å²) in [4.78, 5) is 15.9. The fourth-order valence-electron chi connectivity index (χ4n) is 1.86. The van der Waals surface area contributed by atoms with E-state index >= 15 is 0 Å². The number of halogens is 1. The Morgan fingerprint density at radius 1 is 1.65 bits per heavy atom. The van der Waals surface area contributed by atoms with Crippen LogP contribution in [0.5, 0.6) is 0 Å². The third-order valence-corrected chi connectivity index (χ3v) is 3.45. The molecule has 2 rings (SSSR count). The lowest BCUT2D eigenvalue weighted by Gasteiger charge is -2.35. The number of nitrogens with one attached hydrogen (secondary N) is 1. The van der Waals surface area contributed by atoms with E-state index in [1.165, 1.54) is 0 Å². The van der Waals surface area contributed by atoms with Crippen LogP contribution in [0.2, 0.25) is 0 Å². The number of carbonyl (C=O) groups excluding carboxylic acids is 1. The highest BCUT2D eigenvalue weighted by molar-refractivity contribution is 9.10. The van der Waals surface area contributed by atoms with E-state index in [-0.39, 0.29) is 11.9 Å². The minimum atomic E-state index is -0.127. The van der Waals surface area contributed by atoms with E-state index < -0.39 is 0 Å². The molecule has 1 fully saturated rings. The Balaban J connectivity index is 1.85. The van der Waals surface area contributed by atoms with Crippen molar-refractivity contribution in [3.8, 4) is 0 Å². The predicted octanol–water partition coefficient (Wildman–Crippen LogP) is 2.14. The molecular weight excluding hydrogens is 284 g/mol. The number of hydrogen-bond donors (Lipinski definition) is 1. The first kappa shape index (κ1) is 12.5. The second-order valence-electron chi connectivity index (χ2n) is 4.05. The van der Waals surface area contributed by atoms with Crippen LogP contribution in [0.1, 0.15) is 30.3 Å². The fourth-order valence-corrected chi connectivity index (χ4v) is 2.30. The zero-order valence-electron chi connectivity index (χ0n) is 9.65. The highest BCUT2D eigenvalue weighted by Crippen LogP contribution is 2.24. The van der Waals surface area contributed by atoms with Crippen molar-refractivity contribution in [3.05, 3.63) is 28.5 Å². The van der Waals surface area contributed by atoms with Crippen molar-refractivity contribution in [1.29, 1.82) is 0 Å². The van der Waals surface area contributed by atoms with Crippen molar-refractivity contribution in [2.45, 2.75) is 31.9 Å². The van der Waals surface area contributed by atoms with Crippen molar-refractivity contribution < 1.29 is 9.53 Å². The van der Waals surface area contributed by atoms with Crippen molar-refractivity contribution >= 4 is 21.8 Å². The molecule has 0 spiro atoms. The summed E-state index contributed by atoms with van der Waals surface area (Å²) in [6, 6.07) is 3.81. The van der Waals surface area contributed by atoms with Crippen LogP contribution in [-0.2, 0) is 4.74 Å². The Labute approximate surface area is 109 Å². The van der Waals surface area contributed by atoms with Crippen LogP contribution in [0.4, 0.5) is 0 Å². The molecule has 0 bridgehead atoms. The van der Waals surface area contributed by atoms with Crippen LogP contribution >= 0.6 is 15.9 Å². The van der Waals surface area contributed by atoms with E-state index in [1.54, 1.807) is 12.3 Å². The molecule has 4 nitrogen and oxygen atoms in total. The molecular formula is C12H15BrN2O2. The first-order valence-corrected chi connectivity index (χ1v) is 6.53. The third kappa shape index (κ3) is 3.04. The number of ether oxygens (including phenoxy) is 1. The first-order valence-electron chi connectivity index (χ1n) is 5.73. The molecule has 0 aliphatic heterocycles. The molecule has 0 atom stereocenters. The molecule has 5 heteroatoms. The molecule has 1 amide bonds. The molecule has 1 aliphatic rings. The van der Waals surface area contributed by atoms with E-state index in [1.807, 2.05) is 13.0 Å². The number of aromatic nitrogens is 1. The summed E-state index contributed by atoms with van der Waals surface area (Å²) in [5.74, 6) is -0.127. The van der Waals surface area contributed by atoms with Crippen LogP contribution < -0.4 is 5.32 Å². The quantitative estimate of drug-likeness (QED) is 0.926. The summed E-state index contributed by atoms with van der Waals surface area (Å²) < 4.78 is 6.16. The monoisotopic (exact) mass is 298 g/mol. The third-order valence-electron chi connectivity index (χ3n) is 2.81. The maximum Gasteiger partial charge on any atom is 0.271 e. The van der Waals surface area contributed by atoms with Crippen LogP contribution in [0.25, 0.3) is 0 Å². The normalized spacial score (nSPS) is 22.9. The summed E-state index contributed by atoms with van der Waals surface area (Å²) in [6.45, 7) is 2.72. The van der Waals surface area contributed by atoms with E-state index in [0.29, 0.717) is 11.8 Å². The molecule has 17 heavy (non-hydrogen) atoms. The minimum absolute atomic E-state index is 0.127. The standard InChI is InChI=1S/C12H15BrN2O2/c1-2-17-9-6-8(7-9)15-12(16)11-10(13)4-3-5-14-11/h3-5,8-9H,2,6-7H2,1H3,(H,15,16). The smallest absolute Gasteiger partial charge is 0.271 e. The molecule has 0 radical (unpaired) electrons. The van der Waals surface area contributed by atoms with E-state index in [9.17, 15) is 4.79 Å². The number of carbonyl (C=O) groups is 1. The zero-order valence-corrected chi connectivity index (χ0v) is 11.2. The Kier molecular flexibility index (Phi) is 4.12. The first-order chi connectivity index (χ1) is 8.20. The van der Waals surface area contributed by atoms with Gasteiger partial charge in [-0.1, -0.05) is 0 Å². The van der Waals surface area contributed by atoms with Crippen LogP contribution in [0.3, 0.4) is 0 Å². The lowest BCUT2D eigenvalue weighted by molar-refractivity contribution is -0.00867. The number of amides is 1. The Morgan fingerprint density at radius 3 is 3.06 bits per heavy atom. The summed E-state index contributed by atoms with van der Waals surface area (Å²) in [7, 11) is 0. The summed E-state index contributed by atoms with van der Waals surface area (Å²) in [5.41, 5.74) is 0.437. The molecule has 1 saturated carbocycles. The zero-order chi connectivity index (χ0) is 12.3. The molecule has 0 unspecified atom stereocenters. The van der Waals surface area contributed by atoms with E-state index in [2.05, 4.69) is 26.2 Å². The Bertz CT molecular complexity index is 405. The van der Waals surface area contributed by atoms with Gasteiger partial charge in [-0.3, -0.25) is 4.79 Å². The summed E-state index contributed by atoms with van der Waals surface area (Å²) in [6.07, 6.45) is 3.70. The molecule has 0 aromatic carbocycles. The van der Waals surface area contributed by atoms with Gasteiger partial charge in [0.1, 0.15) is 5.69 Å². The van der Waals surface area contributed by atoms with Crippen LogP contribution in [0, 0.1) is 0 Å². The Hall–Kier alpha value is -0.940. The van der Waals surface area contributed by atoms with Crippen molar-refractivity contribution in [1.82, 2.24) is 10.3 Å². The van der Waals surface area contributed by atoms with Crippen molar-refractivity contribution in [2.75, 3.05) is 6.61 Å². The number of nitrogens with zero attached hydrogens (tertiary/aromatic N) is 1. The van der Waals surface area contributed by atoms with Gasteiger partial charge in [0.05, 0.1) is 6.10 Å². The largest absolute Gasteiger partial charge is 0.378 e. The van der Waals surface area contributed by atoms with Crippen molar-refractivity contribution in [2.24, 2.45) is 0 Å². The van der Waals surface area contributed by atoms with Gasteiger partial charge in [-0.25, -0.2) is 4.98 Å². The number of rotatable bonds is 4. The number of hydrogen-bond acceptors (Lipinski definition) is 3. The van der Waals surface area contributed by atoms with Gasteiger partial charge in [0, 0.05) is 23.3 Å².